The fourth-order valence-corrected chi connectivity index (χ4v) is 2.97. The fourth-order valence-electron chi connectivity index (χ4n) is 2.86. The Kier molecular flexibility index (Phi) is 3.74. The van der Waals surface area contributed by atoms with E-state index in [2.05, 4.69) is 22.4 Å². The third-order valence-corrected chi connectivity index (χ3v) is 4.24. The molecule has 0 amide bonds. The van der Waals surface area contributed by atoms with Gasteiger partial charge in [0.2, 0.25) is 0 Å². The van der Waals surface area contributed by atoms with Crippen molar-refractivity contribution in [1.82, 2.24) is 10.3 Å². The minimum atomic E-state index is -0.349. The largest absolute Gasteiger partial charge is 0.394 e. The molecule has 1 atom stereocenters. The lowest BCUT2D eigenvalue weighted by molar-refractivity contribution is 0.158. The molecule has 0 spiro atoms. The van der Waals surface area contributed by atoms with Crippen molar-refractivity contribution in [1.29, 1.82) is 0 Å². The summed E-state index contributed by atoms with van der Waals surface area (Å²) in [4.78, 5) is 4.28. The molecule has 0 aliphatic heterocycles. The van der Waals surface area contributed by atoms with Crippen molar-refractivity contribution in [2.45, 2.75) is 24.9 Å². The van der Waals surface area contributed by atoms with Gasteiger partial charge in [0.25, 0.3) is 0 Å². The van der Waals surface area contributed by atoms with Crippen LogP contribution >= 0.6 is 11.6 Å². The Bertz CT molecular complexity index is 600. The number of benzene rings is 1. The highest BCUT2D eigenvalue weighted by Gasteiger charge is 2.37. The van der Waals surface area contributed by atoms with Crippen LogP contribution < -0.4 is 5.32 Å². The minimum absolute atomic E-state index is 0.0948. The van der Waals surface area contributed by atoms with Crippen LogP contribution in [0, 0.1) is 0 Å². The lowest BCUT2D eigenvalue weighted by atomic mass is 9.92. The first-order valence-corrected chi connectivity index (χ1v) is 7.16. The number of rotatable bonds is 4. The normalized spacial score (nSPS) is 20.9. The summed E-state index contributed by atoms with van der Waals surface area (Å²) in [5.74, 6) is 0. The van der Waals surface area contributed by atoms with Gasteiger partial charge in [0, 0.05) is 12.7 Å². The molecule has 3 rings (SSSR count). The lowest BCUT2D eigenvalue weighted by Gasteiger charge is -2.29. The Hall–Kier alpha value is -1.42. The van der Waals surface area contributed by atoms with Crippen molar-refractivity contribution < 1.29 is 5.11 Å². The number of nitrogens with one attached hydrogen (secondary N) is 1. The summed E-state index contributed by atoms with van der Waals surface area (Å²) in [7, 11) is 0. The van der Waals surface area contributed by atoms with E-state index in [4.69, 9.17) is 11.6 Å². The van der Waals surface area contributed by atoms with E-state index in [-0.39, 0.29) is 12.1 Å². The van der Waals surface area contributed by atoms with Crippen molar-refractivity contribution in [2.75, 3.05) is 6.61 Å². The molecule has 1 aromatic carbocycles. The molecule has 2 N–H and O–H groups in total. The maximum absolute atomic E-state index is 9.88. The molecule has 1 aliphatic carbocycles. The molecular formula is C16H17ClN2O. The molecule has 1 unspecified atom stereocenters. The van der Waals surface area contributed by atoms with Gasteiger partial charge in [-0.15, -0.1) is 0 Å². The molecule has 1 heterocycles. The van der Waals surface area contributed by atoms with Crippen LogP contribution in [0.2, 0.25) is 5.02 Å². The SMILES string of the molecule is OCC1(NCc2ccc(Cl)cn2)CCc2ccccc21. The van der Waals surface area contributed by atoms with Crippen LogP contribution in [0.1, 0.15) is 23.2 Å². The first-order valence-electron chi connectivity index (χ1n) is 6.78. The molecule has 0 fully saturated rings. The van der Waals surface area contributed by atoms with E-state index in [0.717, 1.165) is 18.5 Å². The molecule has 20 heavy (non-hydrogen) atoms. The third kappa shape index (κ3) is 2.44. The first kappa shape index (κ1) is 13.6. The second kappa shape index (κ2) is 5.52. The van der Waals surface area contributed by atoms with Crippen molar-refractivity contribution in [2.24, 2.45) is 0 Å². The van der Waals surface area contributed by atoms with E-state index in [0.29, 0.717) is 11.6 Å². The molecule has 0 bridgehead atoms. The number of aryl methyl sites for hydroxylation is 1. The van der Waals surface area contributed by atoms with Gasteiger partial charge in [-0.25, -0.2) is 0 Å². The lowest BCUT2D eigenvalue weighted by Crippen LogP contribution is -2.43. The number of aliphatic hydroxyl groups is 1. The second-order valence-corrected chi connectivity index (χ2v) is 5.66. The van der Waals surface area contributed by atoms with Crippen LogP contribution in [-0.2, 0) is 18.5 Å². The summed E-state index contributed by atoms with van der Waals surface area (Å²) in [6.07, 6.45) is 3.56. The van der Waals surface area contributed by atoms with Gasteiger partial charge in [-0.05, 0) is 36.1 Å². The molecule has 0 radical (unpaired) electrons. The van der Waals surface area contributed by atoms with E-state index in [1.165, 1.54) is 11.1 Å². The maximum Gasteiger partial charge on any atom is 0.0678 e. The number of hydrogen-bond donors (Lipinski definition) is 2. The number of pyridine rings is 1. The van der Waals surface area contributed by atoms with Gasteiger partial charge in [0.1, 0.15) is 0 Å². The molecule has 1 aliphatic rings. The van der Waals surface area contributed by atoms with Gasteiger partial charge in [0.15, 0.2) is 0 Å². The van der Waals surface area contributed by atoms with Crippen LogP contribution in [-0.4, -0.2) is 16.7 Å². The highest BCUT2D eigenvalue weighted by Crippen LogP contribution is 2.36. The number of fused-ring (bicyclic) bond motifs is 1. The molecule has 0 saturated carbocycles. The number of aliphatic hydroxyl groups excluding tert-OH is 1. The van der Waals surface area contributed by atoms with Gasteiger partial charge >= 0.3 is 0 Å². The standard InChI is InChI=1S/C16H17ClN2O/c17-13-5-6-14(18-9-13)10-19-16(11-20)8-7-12-3-1-2-4-15(12)16/h1-6,9,19-20H,7-8,10-11H2. The van der Waals surface area contributed by atoms with Crippen molar-refractivity contribution in [3.63, 3.8) is 0 Å². The monoisotopic (exact) mass is 288 g/mol. The van der Waals surface area contributed by atoms with Gasteiger partial charge < -0.3 is 5.11 Å². The van der Waals surface area contributed by atoms with Crippen molar-refractivity contribution in [3.05, 3.63) is 64.4 Å². The zero-order valence-electron chi connectivity index (χ0n) is 11.1. The van der Waals surface area contributed by atoms with Gasteiger partial charge in [-0.2, -0.15) is 0 Å². The average Bonchev–Trinajstić information content (AvgIpc) is 2.86. The Morgan fingerprint density at radius 1 is 1.25 bits per heavy atom. The second-order valence-electron chi connectivity index (χ2n) is 5.22. The van der Waals surface area contributed by atoms with Crippen LogP contribution in [0.4, 0.5) is 0 Å². The number of hydrogen-bond acceptors (Lipinski definition) is 3. The van der Waals surface area contributed by atoms with Crippen LogP contribution in [0.25, 0.3) is 0 Å². The van der Waals surface area contributed by atoms with Crippen LogP contribution in [0.5, 0.6) is 0 Å². The molecular weight excluding hydrogens is 272 g/mol. The Labute approximate surface area is 123 Å². The summed E-state index contributed by atoms with van der Waals surface area (Å²) in [5, 5.41) is 14.0. The molecule has 2 aromatic rings. The number of aromatic nitrogens is 1. The average molecular weight is 289 g/mol. The van der Waals surface area contributed by atoms with Crippen LogP contribution in [0.15, 0.2) is 42.6 Å². The van der Waals surface area contributed by atoms with E-state index < -0.39 is 0 Å². The Morgan fingerprint density at radius 2 is 2.10 bits per heavy atom. The molecule has 1 aromatic heterocycles. The molecule has 4 heteroatoms. The van der Waals surface area contributed by atoms with Crippen LogP contribution in [0.3, 0.4) is 0 Å². The van der Waals surface area contributed by atoms with E-state index >= 15 is 0 Å². The molecule has 104 valence electrons. The number of nitrogens with zero attached hydrogens (tertiary/aromatic N) is 1. The summed E-state index contributed by atoms with van der Waals surface area (Å²) in [6, 6.07) is 12.0. The predicted molar refractivity (Wildman–Crippen MR) is 79.6 cm³/mol. The van der Waals surface area contributed by atoms with E-state index in [9.17, 15) is 5.11 Å². The predicted octanol–water partition coefficient (Wildman–Crippen LogP) is 2.66. The fraction of sp³-hybridized carbons (Fsp3) is 0.312. The molecule has 3 nitrogen and oxygen atoms in total. The summed E-state index contributed by atoms with van der Waals surface area (Å²) >= 11 is 5.84. The van der Waals surface area contributed by atoms with Gasteiger partial charge in [-0.1, -0.05) is 35.9 Å². The summed E-state index contributed by atoms with van der Waals surface area (Å²) < 4.78 is 0. The summed E-state index contributed by atoms with van der Waals surface area (Å²) in [5.41, 5.74) is 3.10. The zero-order chi connectivity index (χ0) is 14.0. The molecule has 0 saturated heterocycles. The quantitative estimate of drug-likeness (QED) is 0.909. The maximum atomic E-state index is 9.88. The minimum Gasteiger partial charge on any atom is -0.394 e. The first-order chi connectivity index (χ1) is 9.73. The highest BCUT2D eigenvalue weighted by atomic mass is 35.5. The van der Waals surface area contributed by atoms with Crippen molar-refractivity contribution in [3.8, 4) is 0 Å². The van der Waals surface area contributed by atoms with E-state index in [1.807, 2.05) is 24.3 Å². The summed E-state index contributed by atoms with van der Waals surface area (Å²) in [6.45, 7) is 0.712. The topological polar surface area (TPSA) is 45.1 Å². The number of halogens is 1. The van der Waals surface area contributed by atoms with Gasteiger partial charge in [0.05, 0.1) is 22.9 Å². The third-order valence-electron chi connectivity index (χ3n) is 4.02. The Balaban J connectivity index is 1.80. The highest BCUT2D eigenvalue weighted by molar-refractivity contribution is 6.30. The van der Waals surface area contributed by atoms with Crippen molar-refractivity contribution >= 4 is 11.6 Å². The van der Waals surface area contributed by atoms with E-state index in [1.54, 1.807) is 6.20 Å². The smallest absolute Gasteiger partial charge is 0.0678 e. The van der Waals surface area contributed by atoms with Gasteiger partial charge in [-0.3, -0.25) is 10.3 Å². The zero-order valence-corrected chi connectivity index (χ0v) is 11.9. The Morgan fingerprint density at radius 3 is 2.85 bits per heavy atom.